The van der Waals surface area contributed by atoms with Gasteiger partial charge in [0.05, 0.1) is 10.5 Å². The minimum atomic E-state index is -1.62. The summed E-state index contributed by atoms with van der Waals surface area (Å²) >= 11 is 0. The Bertz CT molecular complexity index is 498. The van der Waals surface area contributed by atoms with Crippen molar-refractivity contribution in [2.24, 2.45) is 5.73 Å². The topological polar surface area (TPSA) is 144 Å². The number of aliphatic carboxylic acids is 1. The number of hydrogen-bond donors (Lipinski definition) is 3. The monoisotopic (exact) mass is 240 g/mol. The van der Waals surface area contributed by atoms with E-state index in [2.05, 4.69) is 0 Å². The van der Waals surface area contributed by atoms with Crippen LogP contribution in [0.3, 0.4) is 0 Å². The summed E-state index contributed by atoms with van der Waals surface area (Å²) in [6, 6.07) is 1.16. The fourth-order valence-electron chi connectivity index (χ4n) is 1.25. The molecule has 0 heterocycles. The number of rotatable bonds is 4. The van der Waals surface area contributed by atoms with E-state index in [1.807, 2.05) is 0 Å². The molecule has 0 bridgehead atoms. The molecule has 0 saturated heterocycles. The summed E-state index contributed by atoms with van der Waals surface area (Å²) in [5.74, 6) is -2.86. The van der Waals surface area contributed by atoms with Crippen molar-refractivity contribution in [3.05, 3.63) is 39.4 Å². The number of hydrogen-bond acceptors (Lipinski definition) is 5. The normalized spacial score (nSPS) is 11.8. The van der Waals surface area contributed by atoms with Gasteiger partial charge in [-0.15, -0.1) is 0 Å². The molecule has 0 aliphatic rings. The molecule has 0 spiro atoms. The smallest absolute Gasteiger partial charge is 0.336 e. The van der Waals surface area contributed by atoms with Crippen molar-refractivity contribution in [3.8, 4) is 0 Å². The third-order valence-corrected chi connectivity index (χ3v) is 2.08. The summed E-state index contributed by atoms with van der Waals surface area (Å²) in [6.07, 6.45) is 0. The molecule has 8 heteroatoms. The lowest BCUT2D eigenvalue weighted by Crippen LogP contribution is -2.23. The second kappa shape index (κ2) is 4.58. The standard InChI is InChI=1S/C9H8N2O6/c10-7(9(14)15)6-3-4(11(16)17)1-2-5(6)8(12)13/h1-3,7H,10H2,(H,12,13)(H,14,15). The zero-order valence-electron chi connectivity index (χ0n) is 8.36. The summed E-state index contributed by atoms with van der Waals surface area (Å²) < 4.78 is 0. The van der Waals surface area contributed by atoms with Gasteiger partial charge in [0, 0.05) is 17.7 Å². The van der Waals surface area contributed by atoms with Gasteiger partial charge in [0.2, 0.25) is 0 Å². The van der Waals surface area contributed by atoms with Gasteiger partial charge >= 0.3 is 11.9 Å². The molecule has 1 atom stereocenters. The highest BCUT2D eigenvalue weighted by Crippen LogP contribution is 2.22. The van der Waals surface area contributed by atoms with Crippen LogP contribution in [-0.2, 0) is 4.79 Å². The number of carbonyl (C=O) groups is 2. The Morgan fingerprint density at radius 2 is 1.94 bits per heavy atom. The second-order valence-electron chi connectivity index (χ2n) is 3.15. The van der Waals surface area contributed by atoms with E-state index in [4.69, 9.17) is 15.9 Å². The lowest BCUT2D eigenvalue weighted by Gasteiger charge is -2.09. The number of carboxylic acid groups (broad SMARTS) is 2. The largest absolute Gasteiger partial charge is 0.480 e. The number of non-ortho nitro benzene ring substituents is 1. The first kappa shape index (κ1) is 12.6. The first-order valence-corrected chi connectivity index (χ1v) is 4.34. The van der Waals surface area contributed by atoms with Gasteiger partial charge in [-0.3, -0.25) is 14.9 Å². The Morgan fingerprint density at radius 1 is 1.35 bits per heavy atom. The Balaban J connectivity index is 3.40. The van der Waals surface area contributed by atoms with Gasteiger partial charge in [-0.05, 0) is 6.07 Å². The van der Waals surface area contributed by atoms with Crippen LogP contribution in [0.5, 0.6) is 0 Å². The van der Waals surface area contributed by atoms with Crippen LogP contribution in [0.25, 0.3) is 0 Å². The van der Waals surface area contributed by atoms with Crippen molar-refractivity contribution in [3.63, 3.8) is 0 Å². The Labute approximate surface area is 94.4 Å². The van der Waals surface area contributed by atoms with Gasteiger partial charge in [0.15, 0.2) is 0 Å². The fourth-order valence-corrected chi connectivity index (χ4v) is 1.25. The van der Waals surface area contributed by atoms with E-state index in [-0.39, 0.29) is 11.1 Å². The molecule has 0 fully saturated rings. The molecule has 90 valence electrons. The lowest BCUT2D eigenvalue weighted by molar-refractivity contribution is -0.384. The van der Waals surface area contributed by atoms with Crippen LogP contribution in [-0.4, -0.2) is 27.1 Å². The van der Waals surface area contributed by atoms with Gasteiger partial charge in [0.1, 0.15) is 6.04 Å². The number of nitrogens with two attached hydrogens (primary N) is 1. The van der Waals surface area contributed by atoms with Crippen LogP contribution in [0, 0.1) is 10.1 Å². The van der Waals surface area contributed by atoms with E-state index in [1.165, 1.54) is 0 Å². The molecule has 1 rings (SSSR count). The van der Waals surface area contributed by atoms with Crippen LogP contribution < -0.4 is 5.73 Å². The fraction of sp³-hybridized carbons (Fsp3) is 0.111. The molecular weight excluding hydrogens is 232 g/mol. The van der Waals surface area contributed by atoms with Crippen LogP contribution in [0.15, 0.2) is 18.2 Å². The average molecular weight is 240 g/mol. The van der Waals surface area contributed by atoms with Gasteiger partial charge < -0.3 is 15.9 Å². The molecule has 1 aromatic rings. The van der Waals surface area contributed by atoms with Gasteiger partial charge in [-0.25, -0.2) is 4.79 Å². The maximum atomic E-state index is 10.8. The van der Waals surface area contributed by atoms with E-state index in [1.54, 1.807) is 0 Å². The van der Waals surface area contributed by atoms with Crippen LogP contribution in [0.1, 0.15) is 22.0 Å². The van der Waals surface area contributed by atoms with E-state index in [0.29, 0.717) is 0 Å². The third kappa shape index (κ3) is 2.55. The summed E-state index contributed by atoms with van der Waals surface area (Å²) in [7, 11) is 0. The van der Waals surface area contributed by atoms with E-state index < -0.39 is 28.6 Å². The molecule has 0 aromatic heterocycles. The van der Waals surface area contributed by atoms with Crippen LogP contribution >= 0.6 is 0 Å². The average Bonchev–Trinajstić information content (AvgIpc) is 2.26. The molecule has 4 N–H and O–H groups in total. The predicted molar refractivity (Wildman–Crippen MR) is 54.6 cm³/mol. The molecule has 0 aliphatic heterocycles. The van der Waals surface area contributed by atoms with Gasteiger partial charge in [-0.2, -0.15) is 0 Å². The van der Waals surface area contributed by atoms with Crippen molar-refractivity contribution >= 4 is 17.6 Å². The molecule has 0 aliphatic carbocycles. The zero-order chi connectivity index (χ0) is 13.2. The van der Waals surface area contributed by atoms with E-state index in [0.717, 1.165) is 18.2 Å². The number of nitro groups is 1. The Hall–Kier alpha value is -2.48. The SMILES string of the molecule is NC(C(=O)O)c1cc([N+](=O)[O-])ccc1C(=O)O. The van der Waals surface area contributed by atoms with Crippen molar-refractivity contribution in [2.75, 3.05) is 0 Å². The first-order chi connectivity index (χ1) is 7.84. The molecule has 0 amide bonds. The summed E-state index contributed by atoms with van der Waals surface area (Å²) in [6.45, 7) is 0. The summed E-state index contributed by atoms with van der Waals surface area (Å²) in [4.78, 5) is 31.2. The second-order valence-corrected chi connectivity index (χ2v) is 3.15. The number of nitrogens with zero attached hydrogens (tertiary/aromatic N) is 1. The predicted octanol–water partition coefficient (Wildman–Crippen LogP) is 0.377. The molecule has 0 saturated carbocycles. The lowest BCUT2D eigenvalue weighted by atomic mass is 10.00. The van der Waals surface area contributed by atoms with Crippen molar-refractivity contribution in [1.29, 1.82) is 0 Å². The Kier molecular flexibility index (Phi) is 3.39. The molecule has 8 nitrogen and oxygen atoms in total. The van der Waals surface area contributed by atoms with E-state index >= 15 is 0 Å². The molecule has 1 aromatic carbocycles. The minimum Gasteiger partial charge on any atom is -0.480 e. The maximum Gasteiger partial charge on any atom is 0.336 e. The quantitative estimate of drug-likeness (QED) is 0.509. The third-order valence-electron chi connectivity index (χ3n) is 2.08. The number of benzene rings is 1. The van der Waals surface area contributed by atoms with E-state index in [9.17, 15) is 19.7 Å². The van der Waals surface area contributed by atoms with Crippen molar-refractivity contribution in [2.45, 2.75) is 6.04 Å². The molecular formula is C9H8N2O6. The minimum absolute atomic E-state index is 0.306. The highest BCUT2D eigenvalue weighted by atomic mass is 16.6. The number of nitro benzene ring substituents is 1. The highest BCUT2D eigenvalue weighted by Gasteiger charge is 2.24. The summed E-state index contributed by atoms with van der Waals surface area (Å²) in [5, 5.41) is 28.0. The van der Waals surface area contributed by atoms with Crippen LogP contribution in [0.2, 0.25) is 0 Å². The van der Waals surface area contributed by atoms with Crippen LogP contribution in [0.4, 0.5) is 5.69 Å². The van der Waals surface area contributed by atoms with Gasteiger partial charge in [0.25, 0.3) is 5.69 Å². The number of aromatic carboxylic acids is 1. The zero-order valence-corrected chi connectivity index (χ0v) is 8.36. The van der Waals surface area contributed by atoms with Gasteiger partial charge in [-0.1, -0.05) is 0 Å². The summed E-state index contributed by atoms with van der Waals surface area (Å²) in [5.41, 5.74) is 4.17. The van der Waals surface area contributed by atoms with Crippen molar-refractivity contribution < 1.29 is 24.7 Å². The number of carboxylic acids is 2. The maximum absolute atomic E-state index is 10.8. The first-order valence-electron chi connectivity index (χ1n) is 4.34. The molecule has 0 radical (unpaired) electrons. The highest BCUT2D eigenvalue weighted by molar-refractivity contribution is 5.92. The molecule has 17 heavy (non-hydrogen) atoms. The molecule has 1 unspecified atom stereocenters. The Morgan fingerprint density at radius 3 is 2.35 bits per heavy atom. The van der Waals surface area contributed by atoms with Crippen molar-refractivity contribution in [1.82, 2.24) is 0 Å².